The average Bonchev–Trinajstić information content (AvgIpc) is 3.51. The third-order valence-corrected chi connectivity index (χ3v) is 7.75. The van der Waals surface area contributed by atoms with Crippen LogP contribution in [0.5, 0.6) is 17.2 Å². The van der Waals surface area contributed by atoms with Gasteiger partial charge < -0.3 is 24.4 Å². The highest BCUT2D eigenvalue weighted by molar-refractivity contribution is 7.18. The van der Waals surface area contributed by atoms with E-state index in [1.807, 2.05) is 0 Å². The molecular formula is C31H28F6N4O5S. The Bertz CT molecular complexity index is 1680. The third kappa shape index (κ3) is 9.12. The molecule has 0 fully saturated rings. The van der Waals surface area contributed by atoms with Crippen molar-refractivity contribution in [2.24, 2.45) is 0 Å². The highest BCUT2D eigenvalue weighted by Gasteiger charge is 2.38. The molecule has 47 heavy (non-hydrogen) atoms. The molecule has 250 valence electrons. The van der Waals surface area contributed by atoms with Crippen LogP contribution in [0, 0.1) is 0 Å². The fourth-order valence-corrected chi connectivity index (χ4v) is 5.18. The minimum atomic E-state index is -5.15. The first kappa shape index (κ1) is 35.0. The first-order valence-electron chi connectivity index (χ1n) is 13.8. The zero-order valence-electron chi connectivity index (χ0n) is 25.2. The van der Waals surface area contributed by atoms with Crippen molar-refractivity contribution in [3.8, 4) is 27.8 Å². The van der Waals surface area contributed by atoms with Crippen molar-refractivity contribution >= 4 is 28.3 Å². The molecule has 4 rings (SSSR count). The Balaban J connectivity index is 1.55. The van der Waals surface area contributed by atoms with E-state index in [2.05, 4.69) is 15.5 Å². The summed E-state index contributed by atoms with van der Waals surface area (Å²) in [6.07, 6.45) is -10.5. The number of aromatic nitrogens is 2. The monoisotopic (exact) mass is 682 g/mol. The van der Waals surface area contributed by atoms with Crippen molar-refractivity contribution in [3.63, 3.8) is 0 Å². The lowest BCUT2D eigenvalue weighted by atomic mass is 10.0. The van der Waals surface area contributed by atoms with Gasteiger partial charge in [0, 0.05) is 30.6 Å². The summed E-state index contributed by atoms with van der Waals surface area (Å²) in [6.45, 7) is -0.487. The van der Waals surface area contributed by atoms with Crippen molar-refractivity contribution in [3.05, 3.63) is 82.9 Å². The molecule has 16 heteroatoms. The summed E-state index contributed by atoms with van der Waals surface area (Å²) in [5.74, 6) is -0.284. The molecule has 0 aliphatic heterocycles. The van der Waals surface area contributed by atoms with Crippen LogP contribution in [0.25, 0.3) is 10.6 Å². The zero-order chi connectivity index (χ0) is 34.4. The van der Waals surface area contributed by atoms with Crippen molar-refractivity contribution in [1.82, 2.24) is 15.1 Å². The van der Waals surface area contributed by atoms with E-state index in [1.165, 1.54) is 21.3 Å². The Morgan fingerprint density at radius 2 is 1.43 bits per heavy atom. The van der Waals surface area contributed by atoms with Crippen molar-refractivity contribution < 1.29 is 50.1 Å². The highest BCUT2D eigenvalue weighted by atomic mass is 32.1. The Kier molecular flexibility index (Phi) is 11.0. The van der Waals surface area contributed by atoms with Crippen LogP contribution >= 0.6 is 11.3 Å². The number of ether oxygens (including phenoxy) is 3. The summed E-state index contributed by atoms with van der Waals surface area (Å²) in [5, 5.41) is 11.2. The highest BCUT2D eigenvalue weighted by Crippen LogP contribution is 2.37. The standard InChI is InChI=1S/C31H28F6N4O5S/c1-44-23-7-5-19(6-8-23)27-39-40-29(47-27)38-26(42)11-13-41(12-10-18-4-9-24(45-2)25(14-18)46-3)28(43)20-15-21(30(32,33)34)17-22(16-20)31(35,36)37/h4-9,14-17H,10-13H2,1-3H3,(H,38,40,42). The van der Waals surface area contributed by atoms with E-state index in [9.17, 15) is 35.9 Å². The number of nitrogens with one attached hydrogen (secondary N) is 1. The summed E-state index contributed by atoms with van der Waals surface area (Å²) in [4.78, 5) is 27.4. The van der Waals surface area contributed by atoms with Gasteiger partial charge in [0.1, 0.15) is 10.8 Å². The summed E-state index contributed by atoms with van der Waals surface area (Å²) < 4.78 is 96.8. The summed E-state index contributed by atoms with van der Waals surface area (Å²) >= 11 is 1.08. The molecule has 1 N–H and O–H groups in total. The molecule has 4 aromatic rings. The number of hydrogen-bond donors (Lipinski definition) is 1. The van der Waals surface area contributed by atoms with E-state index < -0.39 is 40.9 Å². The number of nitrogens with zero attached hydrogens (tertiary/aromatic N) is 3. The molecule has 0 saturated carbocycles. The molecule has 1 heterocycles. The van der Waals surface area contributed by atoms with Gasteiger partial charge in [0.15, 0.2) is 11.5 Å². The van der Waals surface area contributed by atoms with Crippen LogP contribution in [0.4, 0.5) is 31.5 Å². The molecular weight excluding hydrogens is 654 g/mol. The van der Waals surface area contributed by atoms with Crippen molar-refractivity contribution in [1.29, 1.82) is 0 Å². The quantitative estimate of drug-likeness (QED) is 0.161. The Morgan fingerprint density at radius 3 is 2.00 bits per heavy atom. The number of hydrogen-bond acceptors (Lipinski definition) is 8. The number of carbonyl (C=O) groups excluding carboxylic acids is 2. The average molecular weight is 683 g/mol. The summed E-state index contributed by atoms with van der Waals surface area (Å²) in [6, 6.07) is 12.5. The normalized spacial score (nSPS) is 11.6. The lowest BCUT2D eigenvalue weighted by molar-refractivity contribution is -0.143. The van der Waals surface area contributed by atoms with Gasteiger partial charge in [0.2, 0.25) is 11.0 Å². The lowest BCUT2D eigenvalue weighted by Crippen LogP contribution is -2.36. The van der Waals surface area contributed by atoms with Crippen LogP contribution in [0.3, 0.4) is 0 Å². The number of rotatable bonds is 12. The van der Waals surface area contributed by atoms with Crippen LogP contribution in [-0.4, -0.2) is 61.3 Å². The van der Waals surface area contributed by atoms with Gasteiger partial charge in [-0.05, 0) is 66.6 Å². The maximum absolute atomic E-state index is 13.5. The smallest absolute Gasteiger partial charge is 0.416 e. The maximum atomic E-state index is 13.5. The van der Waals surface area contributed by atoms with Gasteiger partial charge in [-0.2, -0.15) is 26.3 Å². The fraction of sp³-hybridized carbons (Fsp3) is 0.290. The van der Waals surface area contributed by atoms with E-state index in [0.29, 0.717) is 40.0 Å². The Labute approximate surface area is 269 Å². The van der Waals surface area contributed by atoms with Gasteiger partial charge in [-0.15, -0.1) is 10.2 Å². The minimum absolute atomic E-state index is 0.0551. The topological polar surface area (TPSA) is 103 Å². The lowest BCUT2D eigenvalue weighted by Gasteiger charge is -2.24. The predicted molar refractivity (Wildman–Crippen MR) is 161 cm³/mol. The molecule has 3 aromatic carbocycles. The van der Waals surface area contributed by atoms with Crippen LogP contribution in [0.2, 0.25) is 0 Å². The van der Waals surface area contributed by atoms with Gasteiger partial charge in [-0.25, -0.2) is 0 Å². The molecule has 0 aliphatic carbocycles. The van der Waals surface area contributed by atoms with Crippen LogP contribution in [-0.2, 0) is 23.6 Å². The number of amides is 2. The summed E-state index contributed by atoms with van der Waals surface area (Å²) in [5.41, 5.74) is -2.73. The molecule has 0 spiro atoms. The first-order chi connectivity index (χ1) is 22.2. The SMILES string of the molecule is COc1ccc(-c2nnc(NC(=O)CCN(CCc3ccc(OC)c(OC)c3)C(=O)c3cc(C(F)(F)F)cc(C(F)(F)F)c3)s2)cc1. The second-order valence-electron chi connectivity index (χ2n) is 9.97. The molecule has 0 unspecified atom stereocenters. The second-order valence-corrected chi connectivity index (χ2v) is 10.9. The molecule has 0 aliphatic rings. The van der Waals surface area contributed by atoms with E-state index in [0.717, 1.165) is 21.8 Å². The number of anilines is 1. The van der Waals surface area contributed by atoms with Crippen LogP contribution in [0.15, 0.2) is 60.7 Å². The number of carbonyl (C=O) groups is 2. The van der Waals surface area contributed by atoms with E-state index >= 15 is 0 Å². The zero-order valence-corrected chi connectivity index (χ0v) is 26.0. The van der Waals surface area contributed by atoms with Gasteiger partial charge in [0.05, 0.1) is 32.5 Å². The fourth-order valence-electron chi connectivity index (χ4n) is 4.42. The maximum Gasteiger partial charge on any atom is 0.416 e. The van der Waals surface area contributed by atoms with Crippen LogP contribution < -0.4 is 19.5 Å². The third-order valence-electron chi connectivity index (χ3n) is 6.86. The molecule has 0 atom stereocenters. The first-order valence-corrected chi connectivity index (χ1v) is 14.6. The van der Waals surface area contributed by atoms with Crippen LogP contribution in [0.1, 0.15) is 33.5 Å². The predicted octanol–water partition coefficient (Wildman–Crippen LogP) is 6.98. The second kappa shape index (κ2) is 14.7. The van der Waals surface area contributed by atoms with Crippen molar-refractivity contribution in [2.45, 2.75) is 25.2 Å². The molecule has 9 nitrogen and oxygen atoms in total. The van der Waals surface area contributed by atoms with Crippen molar-refractivity contribution in [2.75, 3.05) is 39.7 Å². The molecule has 2 amide bonds. The molecule has 0 radical (unpaired) electrons. The molecule has 1 aromatic heterocycles. The molecule has 0 saturated heterocycles. The van der Waals surface area contributed by atoms with E-state index in [4.69, 9.17) is 14.2 Å². The van der Waals surface area contributed by atoms with Gasteiger partial charge in [-0.3, -0.25) is 9.59 Å². The van der Waals surface area contributed by atoms with E-state index in [-0.39, 0.29) is 37.1 Å². The van der Waals surface area contributed by atoms with Gasteiger partial charge in [0.25, 0.3) is 5.91 Å². The summed E-state index contributed by atoms with van der Waals surface area (Å²) in [7, 11) is 4.38. The largest absolute Gasteiger partial charge is 0.497 e. The molecule has 0 bridgehead atoms. The number of alkyl halides is 6. The number of halogens is 6. The number of methoxy groups -OCH3 is 3. The Hall–Kier alpha value is -4.86. The van der Waals surface area contributed by atoms with E-state index in [1.54, 1.807) is 42.5 Å². The minimum Gasteiger partial charge on any atom is -0.497 e. The van der Waals surface area contributed by atoms with Gasteiger partial charge >= 0.3 is 12.4 Å². The van der Waals surface area contributed by atoms with Gasteiger partial charge in [-0.1, -0.05) is 17.4 Å². The number of benzene rings is 3. The Morgan fingerprint density at radius 1 is 0.787 bits per heavy atom.